The fourth-order valence-corrected chi connectivity index (χ4v) is 5.13. The van der Waals surface area contributed by atoms with Gasteiger partial charge in [0.15, 0.2) is 11.5 Å². The molecule has 0 aliphatic carbocycles. The van der Waals surface area contributed by atoms with Crippen LogP contribution in [0.4, 0.5) is 5.88 Å². The average Bonchev–Trinajstić information content (AvgIpc) is 3.43. The van der Waals surface area contributed by atoms with Crippen molar-refractivity contribution >= 4 is 15.7 Å². The number of aryl methyl sites for hydroxylation is 1. The molecule has 8 heteroatoms. The predicted molar refractivity (Wildman–Crippen MR) is 111 cm³/mol. The van der Waals surface area contributed by atoms with Crippen molar-refractivity contribution in [1.82, 2.24) is 4.98 Å². The first-order valence-corrected chi connectivity index (χ1v) is 11.5. The molecule has 0 N–H and O–H groups in total. The van der Waals surface area contributed by atoms with E-state index in [2.05, 4.69) is 4.98 Å². The normalized spacial score (nSPS) is 16.1. The number of hydrogen-bond donors (Lipinski definition) is 0. The summed E-state index contributed by atoms with van der Waals surface area (Å²) in [6.07, 6.45) is 1.98. The van der Waals surface area contributed by atoms with E-state index in [-0.39, 0.29) is 9.92 Å². The van der Waals surface area contributed by atoms with Crippen LogP contribution in [-0.4, -0.2) is 39.7 Å². The van der Waals surface area contributed by atoms with E-state index in [1.165, 1.54) is 12.1 Å². The molecule has 0 amide bonds. The van der Waals surface area contributed by atoms with Crippen LogP contribution in [-0.2, 0) is 9.84 Å². The minimum absolute atomic E-state index is 0.0578. The lowest BCUT2D eigenvalue weighted by atomic mass is 10.1. The van der Waals surface area contributed by atoms with Crippen molar-refractivity contribution in [2.45, 2.75) is 29.7 Å². The van der Waals surface area contributed by atoms with Gasteiger partial charge < -0.3 is 18.8 Å². The van der Waals surface area contributed by atoms with Crippen LogP contribution < -0.4 is 14.4 Å². The van der Waals surface area contributed by atoms with Crippen molar-refractivity contribution in [2.75, 3.05) is 31.2 Å². The number of nitrogens with zero attached hydrogens (tertiary/aromatic N) is 2. The molecule has 1 aromatic heterocycles. The number of ether oxygens (including phenoxy) is 2. The summed E-state index contributed by atoms with van der Waals surface area (Å²) in [4.78, 5) is 6.52. The highest BCUT2D eigenvalue weighted by molar-refractivity contribution is 7.91. The molecule has 0 saturated carbocycles. The van der Waals surface area contributed by atoms with Crippen molar-refractivity contribution in [2.24, 2.45) is 0 Å². The number of oxazole rings is 1. The van der Waals surface area contributed by atoms with Gasteiger partial charge in [0, 0.05) is 24.7 Å². The number of rotatable bonds is 4. The number of sulfone groups is 1. The zero-order valence-electron chi connectivity index (χ0n) is 16.6. The number of fused-ring (bicyclic) bond motifs is 1. The summed E-state index contributed by atoms with van der Waals surface area (Å²) in [7, 11) is -3.92. The van der Waals surface area contributed by atoms with Gasteiger partial charge in [-0.25, -0.2) is 8.42 Å². The van der Waals surface area contributed by atoms with E-state index in [9.17, 15) is 8.42 Å². The predicted octanol–water partition coefficient (Wildman–Crippen LogP) is 3.85. The minimum Gasteiger partial charge on any atom is -0.486 e. The molecule has 1 saturated heterocycles. The smallest absolute Gasteiger partial charge is 0.236 e. The molecule has 3 heterocycles. The molecule has 0 unspecified atom stereocenters. The van der Waals surface area contributed by atoms with Crippen LogP contribution in [0.1, 0.15) is 18.4 Å². The second-order valence-electron chi connectivity index (χ2n) is 7.50. The molecule has 30 heavy (non-hydrogen) atoms. The summed E-state index contributed by atoms with van der Waals surface area (Å²) in [5, 5.41) is -0.0578. The summed E-state index contributed by atoms with van der Waals surface area (Å²) < 4.78 is 44.2. The van der Waals surface area contributed by atoms with Gasteiger partial charge in [-0.1, -0.05) is 17.7 Å². The van der Waals surface area contributed by atoms with Gasteiger partial charge in [0.2, 0.25) is 26.6 Å². The highest BCUT2D eigenvalue weighted by atomic mass is 32.2. The molecule has 2 aromatic carbocycles. The molecule has 5 rings (SSSR count). The summed E-state index contributed by atoms with van der Waals surface area (Å²) >= 11 is 0. The first kappa shape index (κ1) is 19.0. The Hall–Kier alpha value is -3.00. The molecule has 0 radical (unpaired) electrons. The largest absolute Gasteiger partial charge is 0.486 e. The van der Waals surface area contributed by atoms with Gasteiger partial charge in [-0.2, -0.15) is 4.98 Å². The van der Waals surface area contributed by atoms with E-state index in [4.69, 9.17) is 13.9 Å². The van der Waals surface area contributed by atoms with Crippen LogP contribution in [0.5, 0.6) is 11.5 Å². The van der Waals surface area contributed by atoms with Crippen LogP contribution >= 0.6 is 0 Å². The summed E-state index contributed by atoms with van der Waals surface area (Å²) in [6.45, 7) is 4.29. The van der Waals surface area contributed by atoms with Gasteiger partial charge in [0.1, 0.15) is 13.2 Å². The fraction of sp³-hybridized carbons (Fsp3) is 0.318. The van der Waals surface area contributed by atoms with E-state index in [0.717, 1.165) is 37.1 Å². The van der Waals surface area contributed by atoms with Gasteiger partial charge >= 0.3 is 0 Å². The molecule has 156 valence electrons. The zero-order valence-corrected chi connectivity index (χ0v) is 17.4. The van der Waals surface area contributed by atoms with E-state index < -0.39 is 9.84 Å². The molecule has 7 nitrogen and oxygen atoms in total. The third-order valence-electron chi connectivity index (χ3n) is 5.32. The van der Waals surface area contributed by atoms with Crippen LogP contribution in [0.3, 0.4) is 0 Å². The van der Waals surface area contributed by atoms with Crippen LogP contribution in [0, 0.1) is 6.92 Å². The Morgan fingerprint density at radius 3 is 2.50 bits per heavy atom. The van der Waals surface area contributed by atoms with Gasteiger partial charge in [-0.05, 0) is 44.0 Å². The zero-order chi connectivity index (χ0) is 20.7. The lowest BCUT2D eigenvalue weighted by molar-refractivity contribution is 0.171. The monoisotopic (exact) mass is 426 g/mol. The van der Waals surface area contributed by atoms with Crippen molar-refractivity contribution in [1.29, 1.82) is 0 Å². The third-order valence-corrected chi connectivity index (χ3v) is 6.97. The van der Waals surface area contributed by atoms with Gasteiger partial charge in [0.25, 0.3) is 0 Å². The third kappa shape index (κ3) is 3.31. The molecule has 3 aromatic rings. The second kappa shape index (κ2) is 7.36. The van der Waals surface area contributed by atoms with E-state index in [1.807, 2.05) is 36.1 Å². The van der Waals surface area contributed by atoms with Gasteiger partial charge in [-0.15, -0.1) is 0 Å². The van der Waals surface area contributed by atoms with E-state index >= 15 is 0 Å². The Kier molecular flexibility index (Phi) is 4.66. The standard InChI is InChI=1S/C22H22N2O5S/c1-15-5-4-6-16(13-15)20-23-21(22(29-20)24-9-2-3-10-24)30(25,26)17-7-8-18-19(14-17)28-12-11-27-18/h4-8,13-14H,2-3,9-12H2,1H3. The molecule has 2 aliphatic rings. The quantitative estimate of drug-likeness (QED) is 0.627. The lowest BCUT2D eigenvalue weighted by Gasteiger charge is -2.19. The fourth-order valence-electron chi connectivity index (χ4n) is 3.80. The topological polar surface area (TPSA) is 81.9 Å². The van der Waals surface area contributed by atoms with E-state index in [0.29, 0.717) is 36.5 Å². The van der Waals surface area contributed by atoms with Crippen molar-refractivity contribution in [3.63, 3.8) is 0 Å². The first-order chi connectivity index (χ1) is 14.5. The van der Waals surface area contributed by atoms with Crippen molar-refractivity contribution < 1.29 is 22.3 Å². The van der Waals surface area contributed by atoms with Gasteiger partial charge in [0.05, 0.1) is 4.90 Å². The van der Waals surface area contributed by atoms with Gasteiger partial charge in [-0.3, -0.25) is 0 Å². The Morgan fingerprint density at radius 1 is 0.967 bits per heavy atom. The Balaban J connectivity index is 1.63. The van der Waals surface area contributed by atoms with Crippen molar-refractivity contribution in [3.8, 4) is 23.0 Å². The molecule has 0 atom stereocenters. The maximum Gasteiger partial charge on any atom is 0.236 e. The molecular weight excluding hydrogens is 404 g/mol. The summed E-state index contributed by atoms with van der Waals surface area (Å²) in [6, 6.07) is 12.3. The van der Waals surface area contributed by atoms with Crippen LogP contribution in [0.25, 0.3) is 11.5 Å². The Bertz CT molecular complexity index is 1200. The minimum atomic E-state index is -3.92. The highest BCUT2D eigenvalue weighted by Crippen LogP contribution is 2.39. The SMILES string of the molecule is Cc1cccc(-c2nc(S(=O)(=O)c3ccc4c(c3)OCCO4)c(N3CCCC3)o2)c1. The lowest BCUT2D eigenvalue weighted by Crippen LogP contribution is -2.20. The molecular formula is C22H22N2O5S. The maximum absolute atomic E-state index is 13.6. The highest BCUT2D eigenvalue weighted by Gasteiger charge is 2.33. The Morgan fingerprint density at radius 2 is 1.73 bits per heavy atom. The first-order valence-electron chi connectivity index (χ1n) is 10.00. The summed E-state index contributed by atoms with van der Waals surface area (Å²) in [5.74, 6) is 1.57. The number of benzene rings is 2. The molecule has 0 bridgehead atoms. The number of anilines is 1. The van der Waals surface area contributed by atoms with Crippen LogP contribution in [0.2, 0.25) is 0 Å². The molecule has 0 spiro atoms. The maximum atomic E-state index is 13.6. The Labute approximate surface area is 175 Å². The summed E-state index contributed by atoms with van der Waals surface area (Å²) in [5.41, 5.74) is 1.80. The molecule has 2 aliphatic heterocycles. The molecule has 1 fully saturated rings. The number of aromatic nitrogens is 1. The second-order valence-corrected chi connectivity index (χ2v) is 9.37. The number of hydrogen-bond acceptors (Lipinski definition) is 7. The average molecular weight is 426 g/mol. The van der Waals surface area contributed by atoms with Crippen LogP contribution in [0.15, 0.2) is 56.8 Å². The van der Waals surface area contributed by atoms with E-state index in [1.54, 1.807) is 6.07 Å². The van der Waals surface area contributed by atoms with Crippen molar-refractivity contribution in [3.05, 3.63) is 48.0 Å².